The molecule has 2 rings (SSSR count). The molecule has 2 nitrogen and oxygen atoms in total. The Balaban J connectivity index is 2.31. The zero-order valence-corrected chi connectivity index (χ0v) is 14.3. The molecule has 0 aliphatic heterocycles. The molecule has 1 atom stereocenters. The molecule has 1 aromatic heterocycles. The van der Waals surface area contributed by atoms with Crippen molar-refractivity contribution in [2.45, 2.75) is 49.6 Å². The number of benzene rings is 1. The van der Waals surface area contributed by atoms with Crippen molar-refractivity contribution in [2.24, 2.45) is 5.73 Å². The summed E-state index contributed by atoms with van der Waals surface area (Å²) >= 11 is 7.81. The largest absolute Gasteiger partial charge is 0.327 e. The van der Waals surface area contributed by atoms with Gasteiger partial charge >= 0.3 is 0 Å². The number of halogens is 1. The Kier molecular flexibility index (Phi) is 5.68. The standard InChI is InChI=1S/C17H21ClN2S/c1-4-15(19)9-13-5-6-14(18)10-16(13)21-17-8-11(2)7-12(3)20-17/h5-8,10,15H,4,9,19H2,1-3H3. The molecular weight excluding hydrogens is 300 g/mol. The van der Waals surface area contributed by atoms with E-state index in [9.17, 15) is 0 Å². The highest BCUT2D eigenvalue weighted by Gasteiger charge is 2.10. The molecule has 112 valence electrons. The molecule has 0 saturated carbocycles. The van der Waals surface area contributed by atoms with E-state index >= 15 is 0 Å². The SMILES string of the molecule is CCC(N)Cc1ccc(Cl)cc1Sc1cc(C)cc(C)n1. The smallest absolute Gasteiger partial charge is 0.101 e. The molecule has 21 heavy (non-hydrogen) atoms. The van der Waals surface area contributed by atoms with E-state index in [4.69, 9.17) is 17.3 Å². The monoisotopic (exact) mass is 320 g/mol. The van der Waals surface area contributed by atoms with Crippen molar-refractivity contribution in [3.8, 4) is 0 Å². The maximum Gasteiger partial charge on any atom is 0.101 e. The predicted octanol–water partition coefficient (Wildman–Crippen LogP) is 4.78. The second kappa shape index (κ2) is 7.30. The predicted molar refractivity (Wildman–Crippen MR) is 91.3 cm³/mol. The van der Waals surface area contributed by atoms with E-state index in [0.29, 0.717) is 0 Å². The van der Waals surface area contributed by atoms with Crippen LogP contribution < -0.4 is 5.73 Å². The van der Waals surface area contributed by atoms with Gasteiger partial charge in [0.1, 0.15) is 5.03 Å². The summed E-state index contributed by atoms with van der Waals surface area (Å²) in [6.07, 6.45) is 1.83. The summed E-state index contributed by atoms with van der Waals surface area (Å²) in [4.78, 5) is 5.73. The van der Waals surface area contributed by atoms with Crippen LogP contribution in [0, 0.1) is 13.8 Å². The van der Waals surface area contributed by atoms with Crippen molar-refractivity contribution in [3.05, 3.63) is 52.2 Å². The summed E-state index contributed by atoms with van der Waals surface area (Å²) in [5.74, 6) is 0. The van der Waals surface area contributed by atoms with Gasteiger partial charge in [0.05, 0.1) is 0 Å². The number of nitrogens with two attached hydrogens (primary N) is 1. The summed E-state index contributed by atoms with van der Waals surface area (Å²) in [6.45, 7) is 6.21. The molecule has 1 aromatic carbocycles. The van der Waals surface area contributed by atoms with E-state index < -0.39 is 0 Å². The van der Waals surface area contributed by atoms with E-state index in [2.05, 4.69) is 37.0 Å². The van der Waals surface area contributed by atoms with E-state index in [-0.39, 0.29) is 6.04 Å². The second-order valence-corrected chi connectivity index (χ2v) is 6.85. The minimum atomic E-state index is 0.178. The summed E-state index contributed by atoms with van der Waals surface area (Å²) in [7, 11) is 0. The van der Waals surface area contributed by atoms with E-state index in [1.54, 1.807) is 11.8 Å². The van der Waals surface area contributed by atoms with Crippen molar-refractivity contribution in [1.29, 1.82) is 0 Å². The van der Waals surface area contributed by atoms with Crippen LogP contribution in [-0.4, -0.2) is 11.0 Å². The Morgan fingerprint density at radius 3 is 2.67 bits per heavy atom. The number of aryl methyl sites for hydroxylation is 2. The molecular formula is C17H21ClN2S. The molecule has 2 aromatic rings. The fourth-order valence-corrected chi connectivity index (χ4v) is 3.55. The van der Waals surface area contributed by atoms with Crippen molar-refractivity contribution in [2.75, 3.05) is 0 Å². The van der Waals surface area contributed by atoms with Gasteiger partial charge in [-0.2, -0.15) is 0 Å². The molecule has 1 unspecified atom stereocenters. The minimum Gasteiger partial charge on any atom is -0.327 e. The number of pyridine rings is 1. The van der Waals surface area contributed by atoms with Gasteiger partial charge in [0.15, 0.2) is 0 Å². The van der Waals surface area contributed by atoms with Gasteiger partial charge in [0.25, 0.3) is 0 Å². The van der Waals surface area contributed by atoms with Crippen molar-refractivity contribution in [1.82, 2.24) is 4.98 Å². The van der Waals surface area contributed by atoms with Gasteiger partial charge in [0, 0.05) is 21.7 Å². The van der Waals surface area contributed by atoms with E-state index in [1.807, 2.05) is 19.1 Å². The van der Waals surface area contributed by atoms with Crippen LogP contribution in [0.3, 0.4) is 0 Å². The number of rotatable bonds is 5. The van der Waals surface area contributed by atoms with Gasteiger partial charge in [-0.1, -0.05) is 36.4 Å². The average Bonchev–Trinajstić information content (AvgIpc) is 2.40. The molecule has 2 N–H and O–H groups in total. The molecule has 1 heterocycles. The van der Waals surface area contributed by atoms with Crippen LogP contribution in [0.15, 0.2) is 40.3 Å². The van der Waals surface area contributed by atoms with Gasteiger partial charge in [-0.3, -0.25) is 0 Å². The fraction of sp³-hybridized carbons (Fsp3) is 0.353. The second-order valence-electron chi connectivity index (χ2n) is 5.35. The van der Waals surface area contributed by atoms with Crippen LogP contribution in [0.25, 0.3) is 0 Å². The first kappa shape index (κ1) is 16.3. The van der Waals surface area contributed by atoms with Crippen molar-refractivity contribution < 1.29 is 0 Å². The average molecular weight is 321 g/mol. The quantitative estimate of drug-likeness (QED) is 0.861. The topological polar surface area (TPSA) is 38.9 Å². The van der Waals surface area contributed by atoms with Crippen LogP contribution >= 0.6 is 23.4 Å². The summed E-state index contributed by atoms with van der Waals surface area (Å²) in [5.41, 5.74) is 9.59. The van der Waals surface area contributed by atoms with E-state index in [1.165, 1.54) is 11.1 Å². The number of nitrogens with zero attached hydrogens (tertiary/aromatic N) is 1. The summed E-state index contributed by atoms with van der Waals surface area (Å²) < 4.78 is 0. The lowest BCUT2D eigenvalue weighted by Crippen LogP contribution is -2.21. The molecule has 0 bridgehead atoms. The summed E-state index contributed by atoms with van der Waals surface area (Å²) in [6, 6.07) is 10.4. The minimum absolute atomic E-state index is 0.178. The molecule has 0 amide bonds. The lowest BCUT2D eigenvalue weighted by Gasteiger charge is -2.13. The van der Waals surface area contributed by atoms with Gasteiger partial charge in [-0.05, 0) is 62.1 Å². The molecule has 0 saturated heterocycles. The highest BCUT2D eigenvalue weighted by atomic mass is 35.5. The third-order valence-corrected chi connectivity index (χ3v) is 4.58. The first-order valence-electron chi connectivity index (χ1n) is 7.15. The highest BCUT2D eigenvalue weighted by molar-refractivity contribution is 7.99. The van der Waals surface area contributed by atoms with Crippen LogP contribution in [0.2, 0.25) is 5.02 Å². The van der Waals surface area contributed by atoms with Gasteiger partial charge in [-0.25, -0.2) is 4.98 Å². The maximum absolute atomic E-state index is 6.15. The lowest BCUT2D eigenvalue weighted by molar-refractivity contribution is 0.641. The van der Waals surface area contributed by atoms with Gasteiger partial charge in [-0.15, -0.1) is 0 Å². The Morgan fingerprint density at radius 2 is 2.00 bits per heavy atom. The highest BCUT2D eigenvalue weighted by Crippen LogP contribution is 2.32. The Labute approximate surface area is 136 Å². The maximum atomic E-state index is 6.15. The third-order valence-electron chi connectivity index (χ3n) is 3.32. The molecule has 4 heteroatoms. The Morgan fingerprint density at radius 1 is 1.24 bits per heavy atom. The van der Waals surface area contributed by atoms with Crippen LogP contribution in [0.4, 0.5) is 0 Å². The number of aromatic nitrogens is 1. The van der Waals surface area contributed by atoms with E-state index in [0.717, 1.165) is 33.5 Å². The number of hydrogen-bond acceptors (Lipinski definition) is 3. The van der Waals surface area contributed by atoms with Crippen LogP contribution in [-0.2, 0) is 6.42 Å². The van der Waals surface area contributed by atoms with Crippen molar-refractivity contribution in [3.63, 3.8) is 0 Å². The molecule has 0 radical (unpaired) electrons. The molecule has 0 spiro atoms. The Hall–Kier alpha value is -1.03. The van der Waals surface area contributed by atoms with Gasteiger partial charge in [0.2, 0.25) is 0 Å². The van der Waals surface area contributed by atoms with Crippen molar-refractivity contribution >= 4 is 23.4 Å². The normalized spacial score (nSPS) is 12.4. The third kappa shape index (κ3) is 4.73. The first-order chi connectivity index (χ1) is 9.97. The lowest BCUT2D eigenvalue weighted by atomic mass is 10.1. The Bertz CT molecular complexity index is 608. The zero-order chi connectivity index (χ0) is 15.4. The zero-order valence-electron chi connectivity index (χ0n) is 12.7. The number of hydrogen-bond donors (Lipinski definition) is 1. The molecule has 0 fully saturated rings. The molecule has 0 aliphatic carbocycles. The van der Waals surface area contributed by atoms with Gasteiger partial charge < -0.3 is 5.73 Å². The summed E-state index contributed by atoms with van der Waals surface area (Å²) in [5, 5.41) is 1.75. The molecule has 0 aliphatic rings. The van der Waals surface area contributed by atoms with Crippen LogP contribution in [0.5, 0.6) is 0 Å². The van der Waals surface area contributed by atoms with Crippen LogP contribution in [0.1, 0.15) is 30.2 Å². The first-order valence-corrected chi connectivity index (χ1v) is 8.34. The fourth-order valence-electron chi connectivity index (χ4n) is 2.19.